The molecule has 0 N–H and O–H groups in total. The van der Waals surface area contributed by atoms with Crippen LogP contribution in [0.2, 0.25) is 0 Å². The Morgan fingerprint density at radius 3 is 2.42 bits per heavy atom. The van der Waals surface area contributed by atoms with Crippen molar-refractivity contribution in [2.45, 2.75) is 52.9 Å². The highest BCUT2D eigenvalue weighted by Crippen LogP contribution is 2.23. The second-order valence-corrected chi connectivity index (χ2v) is 6.63. The number of ether oxygens (including phenoxy) is 2. The molecule has 0 bridgehead atoms. The van der Waals surface area contributed by atoms with Crippen LogP contribution in [0, 0.1) is 5.92 Å². The summed E-state index contributed by atoms with van der Waals surface area (Å²) in [7, 11) is 0. The lowest BCUT2D eigenvalue weighted by Crippen LogP contribution is -2.09. The Morgan fingerprint density at radius 2 is 1.81 bits per heavy atom. The summed E-state index contributed by atoms with van der Waals surface area (Å²) in [6.07, 6.45) is 6.30. The molecule has 0 aliphatic carbocycles. The molecule has 140 valence electrons. The minimum absolute atomic E-state index is 0.176. The number of esters is 1. The highest BCUT2D eigenvalue weighted by Gasteiger charge is 2.08. The highest BCUT2D eigenvalue weighted by molar-refractivity contribution is 5.72. The Hall–Kier alpha value is -2.36. The molecule has 0 spiro atoms. The van der Waals surface area contributed by atoms with Crippen LogP contribution in [0.1, 0.15) is 52.9 Å². The zero-order chi connectivity index (χ0) is 18.8. The predicted octanol–water partition coefficient (Wildman–Crippen LogP) is 5.66. The summed E-state index contributed by atoms with van der Waals surface area (Å²) in [6, 6.07) is 11.3. The van der Waals surface area contributed by atoms with E-state index in [1.807, 2.05) is 36.4 Å². The molecular weight excluding hydrogens is 326 g/mol. The van der Waals surface area contributed by atoms with E-state index in [1.165, 1.54) is 0 Å². The van der Waals surface area contributed by atoms with Crippen LogP contribution in [-0.4, -0.2) is 17.6 Å². The Kier molecular flexibility index (Phi) is 8.13. The lowest BCUT2D eigenvalue weighted by Gasteiger charge is -2.09. The van der Waals surface area contributed by atoms with Gasteiger partial charge in [-0.1, -0.05) is 33.6 Å². The van der Waals surface area contributed by atoms with Gasteiger partial charge in [-0.3, -0.25) is 9.78 Å². The number of unbranched alkanes of at least 4 members (excludes halogenated alkanes) is 1. The molecule has 1 atom stereocenters. The standard InChI is InChI=1S/C22H29NO3/c1-4-6-15-25-20-12-13-21(23-16-20)18-8-10-19(11-9-18)26-22(24)14-7-17(3)5-2/h8-13,16-17H,4-7,14-15H2,1-3H3. The number of aromatic nitrogens is 1. The van der Waals surface area contributed by atoms with Gasteiger partial charge in [0.1, 0.15) is 11.5 Å². The van der Waals surface area contributed by atoms with Crippen molar-refractivity contribution in [2.75, 3.05) is 6.61 Å². The van der Waals surface area contributed by atoms with E-state index >= 15 is 0 Å². The van der Waals surface area contributed by atoms with E-state index in [0.29, 0.717) is 24.7 Å². The molecule has 1 heterocycles. The largest absolute Gasteiger partial charge is 0.492 e. The van der Waals surface area contributed by atoms with Gasteiger partial charge in [-0.2, -0.15) is 0 Å². The average Bonchev–Trinajstić information content (AvgIpc) is 2.67. The number of hydrogen-bond acceptors (Lipinski definition) is 4. The van der Waals surface area contributed by atoms with Gasteiger partial charge in [0.05, 0.1) is 18.5 Å². The van der Waals surface area contributed by atoms with Gasteiger partial charge in [-0.25, -0.2) is 0 Å². The first-order valence-electron chi connectivity index (χ1n) is 9.52. The average molecular weight is 355 g/mol. The first-order valence-corrected chi connectivity index (χ1v) is 9.52. The Balaban J connectivity index is 1.89. The number of carbonyl (C=O) groups is 1. The van der Waals surface area contributed by atoms with Gasteiger partial charge in [0.25, 0.3) is 0 Å². The predicted molar refractivity (Wildman–Crippen MR) is 104 cm³/mol. The van der Waals surface area contributed by atoms with E-state index in [-0.39, 0.29) is 5.97 Å². The van der Waals surface area contributed by atoms with Gasteiger partial charge in [-0.15, -0.1) is 0 Å². The number of rotatable bonds is 10. The molecule has 26 heavy (non-hydrogen) atoms. The molecule has 0 aliphatic rings. The second kappa shape index (κ2) is 10.6. The fourth-order valence-corrected chi connectivity index (χ4v) is 2.42. The molecule has 2 rings (SSSR count). The fourth-order valence-electron chi connectivity index (χ4n) is 2.42. The van der Waals surface area contributed by atoms with Crippen molar-refractivity contribution in [3.8, 4) is 22.8 Å². The van der Waals surface area contributed by atoms with Crippen LogP contribution >= 0.6 is 0 Å². The molecule has 0 saturated heterocycles. The molecule has 1 aromatic heterocycles. The van der Waals surface area contributed by atoms with E-state index in [9.17, 15) is 4.79 Å². The quantitative estimate of drug-likeness (QED) is 0.313. The summed E-state index contributed by atoms with van der Waals surface area (Å²) in [4.78, 5) is 16.3. The van der Waals surface area contributed by atoms with Gasteiger partial charge in [-0.05, 0) is 55.2 Å². The van der Waals surface area contributed by atoms with Crippen molar-refractivity contribution in [3.05, 3.63) is 42.6 Å². The maximum atomic E-state index is 11.9. The Bertz CT molecular complexity index is 665. The van der Waals surface area contributed by atoms with Crippen LogP contribution < -0.4 is 9.47 Å². The van der Waals surface area contributed by atoms with Gasteiger partial charge < -0.3 is 9.47 Å². The zero-order valence-electron chi connectivity index (χ0n) is 16.0. The summed E-state index contributed by atoms with van der Waals surface area (Å²) >= 11 is 0. The van der Waals surface area contributed by atoms with E-state index in [1.54, 1.807) is 6.20 Å². The summed E-state index contributed by atoms with van der Waals surface area (Å²) < 4.78 is 11.0. The molecular formula is C22H29NO3. The molecule has 2 aromatic rings. The van der Waals surface area contributed by atoms with Crippen molar-refractivity contribution in [3.63, 3.8) is 0 Å². The summed E-state index contributed by atoms with van der Waals surface area (Å²) in [5.41, 5.74) is 1.84. The smallest absolute Gasteiger partial charge is 0.311 e. The first kappa shape index (κ1) is 20.0. The SMILES string of the molecule is CCCCOc1ccc(-c2ccc(OC(=O)CCC(C)CC)cc2)nc1. The molecule has 0 fully saturated rings. The third-order valence-corrected chi connectivity index (χ3v) is 4.42. The number of nitrogens with zero attached hydrogens (tertiary/aromatic N) is 1. The summed E-state index contributed by atoms with van der Waals surface area (Å²) in [6.45, 7) is 7.13. The molecule has 1 unspecified atom stereocenters. The lowest BCUT2D eigenvalue weighted by atomic mass is 10.0. The van der Waals surface area contributed by atoms with Gasteiger partial charge in [0.15, 0.2) is 0 Å². The van der Waals surface area contributed by atoms with Crippen LogP contribution in [0.25, 0.3) is 11.3 Å². The topological polar surface area (TPSA) is 48.4 Å². The van der Waals surface area contributed by atoms with Crippen LogP contribution in [0.5, 0.6) is 11.5 Å². The summed E-state index contributed by atoms with van der Waals surface area (Å²) in [5, 5.41) is 0. The minimum atomic E-state index is -0.176. The van der Waals surface area contributed by atoms with Crippen molar-refractivity contribution in [1.29, 1.82) is 0 Å². The highest BCUT2D eigenvalue weighted by atomic mass is 16.5. The Labute approximate surface area is 156 Å². The van der Waals surface area contributed by atoms with Crippen LogP contribution in [0.4, 0.5) is 0 Å². The van der Waals surface area contributed by atoms with E-state index < -0.39 is 0 Å². The van der Waals surface area contributed by atoms with Crippen molar-refractivity contribution in [2.24, 2.45) is 5.92 Å². The third kappa shape index (κ3) is 6.51. The molecule has 0 saturated carbocycles. The normalized spacial score (nSPS) is 11.8. The van der Waals surface area contributed by atoms with E-state index in [2.05, 4.69) is 25.8 Å². The van der Waals surface area contributed by atoms with Crippen LogP contribution in [0.3, 0.4) is 0 Å². The third-order valence-electron chi connectivity index (χ3n) is 4.42. The van der Waals surface area contributed by atoms with Gasteiger partial charge >= 0.3 is 5.97 Å². The van der Waals surface area contributed by atoms with E-state index in [0.717, 1.165) is 42.7 Å². The van der Waals surface area contributed by atoms with Crippen LogP contribution in [0.15, 0.2) is 42.6 Å². The Morgan fingerprint density at radius 1 is 1.08 bits per heavy atom. The molecule has 4 heteroatoms. The van der Waals surface area contributed by atoms with Crippen molar-refractivity contribution in [1.82, 2.24) is 4.98 Å². The first-order chi connectivity index (χ1) is 12.6. The molecule has 0 aliphatic heterocycles. The monoisotopic (exact) mass is 355 g/mol. The van der Waals surface area contributed by atoms with Gasteiger partial charge in [0.2, 0.25) is 0 Å². The number of pyridine rings is 1. The summed E-state index contributed by atoms with van der Waals surface area (Å²) in [5.74, 6) is 1.73. The maximum absolute atomic E-state index is 11.9. The van der Waals surface area contributed by atoms with Crippen LogP contribution in [-0.2, 0) is 4.79 Å². The second-order valence-electron chi connectivity index (χ2n) is 6.63. The lowest BCUT2D eigenvalue weighted by molar-refractivity contribution is -0.134. The molecule has 0 amide bonds. The molecule has 4 nitrogen and oxygen atoms in total. The van der Waals surface area contributed by atoms with Crippen molar-refractivity contribution >= 4 is 5.97 Å². The zero-order valence-corrected chi connectivity index (χ0v) is 16.0. The number of benzene rings is 1. The minimum Gasteiger partial charge on any atom is -0.492 e. The van der Waals surface area contributed by atoms with Gasteiger partial charge in [0, 0.05) is 12.0 Å². The van der Waals surface area contributed by atoms with E-state index in [4.69, 9.17) is 9.47 Å². The molecule has 1 aromatic carbocycles. The fraction of sp³-hybridized carbons (Fsp3) is 0.455. The number of carbonyl (C=O) groups excluding carboxylic acids is 1. The van der Waals surface area contributed by atoms with Crippen molar-refractivity contribution < 1.29 is 14.3 Å². The number of hydrogen-bond donors (Lipinski definition) is 0. The molecule has 0 radical (unpaired) electrons. The maximum Gasteiger partial charge on any atom is 0.311 e.